The molecule has 0 amide bonds. The van der Waals surface area contributed by atoms with Gasteiger partial charge >= 0.3 is 0 Å². The molecule has 1 aliphatic heterocycles. The summed E-state index contributed by atoms with van der Waals surface area (Å²) in [5, 5.41) is 6.71. The van der Waals surface area contributed by atoms with E-state index in [4.69, 9.17) is 14.5 Å². The van der Waals surface area contributed by atoms with Crippen LogP contribution in [-0.2, 0) is 11.3 Å². The standard InChI is InChI=1S/C18H29N3O2/c1-5-19-17(21-11-18(4)12-22-13-18)20-10-15-8-7-14(3)9-16(15)23-6-2/h7-9H,5-6,10-13H2,1-4H3,(H2,19,20,21). The van der Waals surface area contributed by atoms with Crippen molar-refractivity contribution in [3.05, 3.63) is 29.3 Å². The van der Waals surface area contributed by atoms with Crippen molar-refractivity contribution in [1.82, 2.24) is 10.6 Å². The van der Waals surface area contributed by atoms with Gasteiger partial charge in [0, 0.05) is 24.1 Å². The van der Waals surface area contributed by atoms with Crippen LogP contribution in [-0.4, -0.2) is 38.9 Å². The third-order valence-electron chi connectivity index (χ3n) is 3.86. The van der Waals surface area contributed by atoms with Crippen LogP contribution in [0.4, 0.5) is 0 Å². The van der Waals surface area contributed by atoms with E-state index in [0.29, 0.717) is 13.2 Å². The highest BCUT2D eigenvalue weighted by atomic mass is 16.5. The molecule has 2 rings (SSSR count). The molecule has 1 heterocycles. The zero-order valence-electron chi connectivity index (χ0n) is 14.7. The Morgan fingerprint density at radius 3 is 2.70 bits per heavy atom. The second-order valence-corrected chi connectivity index (χ2v) is 6.40. The summed E-state index contributed by atoms with van der Waals surface area (Å²) in [5.41, 5.74) is 2.52. The third-order valence-corrected chi connectivity index (χ3v) is 3.86. The smallest absolute Gasteiger partial charge is 0.191 e. The number of hydrogen-bond donors (Lipinski definition) is 2. The Balaban J connectivity index is 2.01. The van der Waals surface area contributed by atoms with Crippen molar-refractivity contribution in [2.24, 2.45) is 10.4 Å². The van der Waals surface area contributed by atoms with Crippen molar-refractivity contribution in [2.45, 2.75) is 34.2 Å². The second-order valence-electron chi connectivity index (χ2n) is 6.40. The van der Waals surface area contributed by atoms with Crippen molar-refractivity contribution < 1.29 is 9.47 Å². The molecule has 1 fully saturated rings. The summed E-state index contributed by atoms with van der Waals surface area (Å²) >= 11 is 0. The van der Waals surface area contributed by atoms with Gasteiger partial charge in [-0.15, -0.1) is 0 Å². The highest BCUT2D eigenvalue weighted by Gasteiger charge is 2.33. The van der Waals surface area contributed by atoms with Gasteiger partial charge in [-0.3, -0.25) is 0 Å². The highest BCUT2D eigenvalue weighted by molar-refractivity contribution is 5.79. The fourth-order valence-electron chi connectivity index (χ4n) is 2.44. The highest BCUT2D eigenvalue weighted by Crippen LogP contribution is 2.25. The topological polar surface area (TPSA) is 54.9 Å². The quantitative estimate of drug-likeness (QED) is 0.599. The van der Waals surface area contributed by atoms with E-state index >= 15 is 0 Å². The molecule has 0 atom stereocenters. The lowest BCUT2D eigenvalue weighted by Gasteiger charge is -2.38. The lowest BCUT2D eigenvalue weighted by atomic mass is 9.89. The van der Waals surface area contributed by atoms with Crippen LogP contribution in [0.2, 0.25) is 0 Å². The fourth-order valence-corrected chi connectivity index (χ4v) is 2.44. The summed E-state index contributed by atoms with van der Waals surface area (Å²) in [6.07, 6.45) is 0. The maximum absolute atomic E-state index is 5.72. The van der Waals surface area contributed by atoms with E-state index in [9.17, 15) is 0 Å². The maximum Gasteiger partial charge on any atom is 0.191 e. The fraction of sp³-hybridized carbons (Fsp3) is 0.611. The molecule has 1 aliphatic rings. The molecule has 5 nitrogen and oxygen atoms in total. The van der Waals surface area contributed by atoms with Crippen molar-refractivity contribution in [3.8, 4) is 5.75 Å². The molecule has 0 spiro atoms. The Bertz CT molecular complexity index is 539. The van der Waals surface area contributed by atoms with Gasteiger partial charge in [0.2, 0.25) is 0 Å². The maximum atomic E-state index is 5.72. The van der Waals surface area contributed by atoms with Gasteiger partial charge in [-0.05, 0) is 32.4 Å². The van der Waals surface area contributed by atoms with Crippen LogP contribution in [0.1, 0.15) is 31.9 Å². The first kappa shape index (κ1) is 17.6. The molecule has 0 unspecified atom stereocenters. The second kappa shape index (κ2) is 8.20. The van der Waals surface area contributed by atoms with Crippen molar-refractivity contribution in [2.75, 3.05) is 32.9 Å². The molecule has 0 aromatic heterocycles. The number of ether oxygens (including phenoxy) is 2. The number of nitrogens with zero attached hydrogens (tertiary/aromatic N) is 1. The van der Waals surface area contributed by atoms with Gasteiger partial charge < -0.3 is 20.1 Å². The minimum atomic E-state index is 0.219. The number of hydrogen-bond acceptors (Lipinski definition) is 3. The molecule has 2 N–H and O–H groups in total. The molecule has 1 aromatic carbocycles. The summed E-state index contributed by atoms with van der Waals surface area (Å²) in [7, 11) is 0. The van der Waals surface area contributed by atoms with Gasteiger partial charge in [0.15, 0.2) is 5.96 Å². The molecule has 0 aliphatic carbocycles. The summed E-state index contributed by atoms with van der Waals surface area (Å²) in [5.74, 6) is 1.76. The normalized spacial score (nSPS) is 16.6. The van der Waals surface area contributed by atoms with E-state index in [0.717, 1.165) is 43.6 Å². The number of nitrogens with one attached hydrogen (secondary N) is 2. The number of benzene rings is 1. The van der Waals surface area contributed by atoms with Crippen molar-refractivity contribution in [1.29, 1.82) is 0 Å². The van der Waals surface area contributed by atoms with Gasteiger partial charge in [-0.25, -0.2) is 4.99 Å². The van der Waals surface area contributed by atoms with Crippen LogP contribution in [0, 0.1) is 12.3 Å². The molecule has 5 heteroatoms. The molecule has 1 saturated heterocycles. The predicted octanol–water partition coefficient (Wildman–Crippen LogP) is 2.49. The Kier molecular flexibility index (Phi) is 6.28. The van der Waals surface area contributed by atoms with Crippen LogP contribution in [0.15, 0.2) is 23.2 Å². The third kappa shape index (κ3) is 5.13. The van der Waals surface area contributed by atoms with Gasteiger partial charge in [0.25, 0.3) is 0 Å². The SMILES string of the molecule is CCNC(=NCc1ccc(C)cc1OCC)NCC1(C)COC1. The first-order chi connectivity index (χ1) is 11.1. The molecule has 1 aromatic rings. The minimum Gasteiger partial charge on any atom is -0.494 e. The van der Waals surface area contributed by atoms with Crippen LogP contribution >= 0.6 is 0 Å². The Hall–Kier alpha value is -1.75. The van der Waals surface area contributed by atoms with E-state index < -0.39 is 0 Å². The lowest BCUT2D eigenvalue weighted by molar-refractivity contribution is -0.0971. The van der Waals surface area contributed by atoms with Crippen LogP contribution in [0.25, 0.3) is 0 Å². The summed E-state index contributed by atoms with van der Waals surface area (Å²) < 4.78 is 11.0. The molecule has 128 valence electrons. The zero-order chi connectivity index (χ0) is 16.7. The largest absolute Gasteiger partial charge is 0.494 e. The summed E-state index contributed by atoms with van der Waals surface area (Å²) in [4.78, 5) is 4.69. The molecule has 0 radical (unpaired) electrons. The summed E-state index contributed by atoms with van der Waals surface area (Å²) in [6, 6.07) is 6.26. The Morgan fingerprint density at radius 1 is 1.30 bits per heavy atom. The molecule has 0 bridgehead atoms. The Labute approximate surface area is 139 Å². The number of rotatable bonds is 7. The average molecular weight is 319 g/mol. The average Bonchev–Trinajstić information content (AvgIpc) is 2.50. The Morgan fingerprint density at radius 2 is 2.09 bits per heavy atom. The summed E-state index contributed by atoms with van der Waals surface area (Å²) in [6.45, 7) is 13.0. The first-order valence-electron chi connectivity index (χ1n) is 8.38. The predicted molar refractivity (Wildman–Crippen MR) is 94.1 cm³/mol. The lowest BCUT2D eigenvalue weighted by Crippen LogP contribution is -2.51. The van der Waals surface area contributed by atoms with Crippen LogP contribution in [0.5, 0.6) is 5.75 Å². The van der Waals surface area contributed by atoms with Crippen molar-refractivity contribution in [3.63, 3.8) is 0 Å². The van der Waals surface area contributed by atoms with Gasteiger partial charge in [0.1, 0.15) is 5.75 Å². The molecular weight excluding hydrogens is 290 g/mol. The molecular formula is C18H29N3O2. The van der Waals surface area contributed by atoms with Gasteiger partial charge in [-0.1, -0.05) is 19.1 Å². The number of aryl methyl sites for hydroxylation is 1. The monoisotopic (exact) mass is 319 g/mol. The number of aliphatic imine (C=N–C) groups is 1. The van der Waals surface area contributed by atoms with Gasteiger partial charge in [0.05, 0.1) is 26.4 Å². The van der Waals surface area contributed by atoms with E-state index in [1.165, 1.54) is 5.56 Å². The van der Waals surface area contributed by atoms with E-state index in [1.807, 2.05) is 6.92 Å². The van der Waals surface area contributed by atoms with Gasteiger partial charge in [-0.2, -0.15) is 0 Å². The van der Waals surface area contributed by atoms with E-state index in [2.05, 4.69) is 49.6 Å². The zero-order valence-corrected chi connectivity index (χ0v) is 14.7. The first-order valence-corrected chi connectivity index (χ1v) is 8.38. The van der Waals surface area contributed by atoms with E-state index in [-0.39, 0.29) is 5.41 Å². The minimum absolute atomic E-state index is 0.219. The van der Waals surface area contributed by atoms with Crippen LogP contribution < -0.4 is 15.4 Å². The van der Waals surface area contributed by atoms with E-state index in [1.54, 1.807) is 0 Å². The molecule has 23 heavy (non-hydrogen) atoms. The molecule has 0 saturated carbocycles. The van der Waals surface area contributed by atoms with Crippen LogP contribution in [0.3, 0.4) is 0 Å². The van der Waals surface area contributed by atoms with Crippen molar-refractivity contribution >= 4 is 5.96 Å². The number of guanidine groups is 1.